The number of halogens is 1. The first-order valence-electron chi connectivity index (χ1n) is 13.8. The van der Waals surface area contributed by atoms with Gasteiger partial charge in [-0.1, -0.05) is 42.9 Å². The van der Waals surface area contributed by atoms with Gasteiger partial charge in [0.2, 0.25) is 5.13 Å². The van der Waals surface area contributed by atoms with Gasteiger partial charge in [-0.15, -0.1) is 11.3 Å². The summed E-state index contributed by atoms with van der Waals surface area (Å²) in [6, 6.07) is 12.6. The minimum absolute atomic E-state index is 0.0331. The zero-order chi connectivity index (χ0) is 28.5. The molecule has 6 rings (SSSR count). The van der Waals surface area contributed by atoms with Crippen molar-refractivity contribution in [2.24, 2.45) is 17.0 Å². The van der Waals surface area contributed by atoms with E-state index in [4.69, 9.17) is 10.2 Å². The van der Waals surface area contributed by atoms with Crippen LogP contribution in [0.25, 0.3) is 16.4 Å². The number of nitrogens with zero attached hydrogens (tertiary/aromatic N) is 3. The molecular weight excluding hydrogens is 559 g/mol. The van der Waals surface area contributed by atoms with Crippen LogP contribution in [-0.2, 0) is 23.8 Å². The average Bonchev–Trinajstić information content (AvgIpc) is 3.31. The molecule has 4 aromatic rings. The van der Waals surface area contributed by atoms with E-state index in [-0.39, 0.29) is 10.6 Å². The Morgan fingerprint density at radius 1 is 1.15 bits per heavy atom. The number of benzene rings is 2. The molecule has 2 aromatic carbocycles. The first-order chi connectivity index (χ1) is 19.9. The summed E-state index contributed by atoms with van der Waals surface area (Å²) < 4.78 is 28.3. The molecule has 10 heteroatoms. The van der Waals surface area contributed by atoms with E-state index >= 15 is 0 Å². The Kier molecular flexibility index (Phi) is 8.15. The molecule has 1 unspecified atom stereocenters. The zero-order valence-corrected chi connectivity index (χ0v) is 24.1. The molecule has 0 spiro atoms. The monoisotopic (exact) mass is 590 g/mol. The van der Waals surface area contributed by atoms with Crippen molar-refractivity contribution in [1.29, 1.82) is 0 Å². The third-order valence-electron chi connectivity index (χ3n) is 7.73. The molecule has 212 valence electrons. The Bertz CT molecular complexity index is 1660. The van der Waals surface area contributed by atoms with E-state index in [0.29, 0.717) is 29.0 Å². The molecule has 2 aliphatic rings. The summed E-state index contributed by atoms with van der Waals surface area (Å²) in [6.07, 6.45) is 6.50. The standard InChI is InChI=1S/C31H31FN4O3S2/c32-25-16-22(12-13-28(25)41(33)39)15-24-27(17-21-10-11-21)36(31-34-26(18-40-31)30(37)38)35-29(24)23-7-3-6-20(14-23)9-8-19-4-1-2-5-19/h3,6-7,12-14,16,18-19,21,30,37-38H,1-2,4-5,10-11,15,17,33H2. The second-order valence-corrected chi connectivity index (χ2v) is 12.7. The molecule has 2 aromatic heterocycles. The lowest BCUT2D eigenvalue weighted by Gasteiger charge is -2.10. The van der Waals surface area contributed by atoms with Gasteiger partial charge in [0, 0.05) is 34.4 Å². The summed E-state index contributed by atoms with van der Waals surface area (Å²) in [7, 11) is -1.91. The Balaban J connectivity index is 1.47. The first-order valence-corrected chi connectivity index (χ1v) is 15.9. The Morgan fingerprint density at radius 3 is 2.63 bits per heavy atom. The third-order valence-corrected chi connectivity index (χ3v) is 9.33. The van der Waals surface area contributed by atoms with Gasteiger partial charge in [0.1, 0.15) is 22.5 Å². The highest BCUT2D eigenvalue weighted by Crippen LogP contribution is 2.38. The number of aliphatic hydroxyl groups is 2. The maximum Gasteiger partial charge on any atom is 0.210 e. The molecule has 0 aliphatic heterocycles. The predicted octanol–water partition coefficient (Wildman–Crippen LogP) is 5.18. The van der Waals surface area contributed by atoms with E-state index in [1.807, 2.05) is 24.3 Å². The predicted molar refractivity (Wildman–Crippen MR) is 157 cm³/mol. The van der Waals surface area contributed by atoms with Crippen LogP contribution in [0.1, 0.15) is 72.9 Å². The van der Waals surface area contributed by atoms with Crippen molar-refractivity contribution in [2.45, 2.75) is 62.6 Å². The minimum Gasteiger partial charge on any atom is -0.363 e. The van der Waals surface area contributed by atoms with Crippen LogP contribution in [-0.4, -0.2) is 29.2 Å². The van der Waals surface area contributed by atoms with Gasteiger partial charge in [0.05, 0.1) is 16.3 Å². The highest BCUT2D eigenvalue weighted by Gasteiger charge is 2.29. The summed E-state index contributed by atoms with van der Waals surface area (Å²) in [6.45, 7) is 0. The van der Waals surface area contributed by atoms with E-state index in [1.165, 1.54) is 36.3 Å². The van der Waals surface area contributed by atoms with Gasteiger partial charge in [-0.2, -0.15) is 5.10 Å². The highest BCUT2D eigenvalue weighted by atomic mass is 32.2. The fourth-order valence-corrected chi connectivity index (χ4v) is 6.64. The lowest BCUT2D eigenvalue weighted by molar-refractivity contribution is -0.0454. The van der Waals surface area contributed by atoms with Crippen molar-refractivity contribution in [1.82, 2.24) is 14.8 Å². The Labute approximate surface area is 244 Å². The topological polar surface area (TPSA) is 114 Å². The van der Waals surface area contributed by atoms with Crippen LogP contribution >= 0.6 is 11.3 Å². The van der Waals surface area contributed by atoms with Crippen LogP contribution in [0.5, 0.6) is 0 Å². The number of hydrogen-bond donors (Lipinski definition) is 3. The van der Waals surface area contributed by atoms with Crippen molar-refractivity contribution in [2.75, 3.05) is 0 Å². The lowest BCUT2D eigenvalue weighted by atomic mass is 9.96. The Morgan fingerprint density at radius 2 is 1.95 bits per heavy atom. The van der Waals surface area contributed by atoms with Crippen molar-refractivity contribution >= 4 is 22.3 Å². The average molecular weight is 591 g/mol. The van der Waals surface area contributed by atoms with Gasteiger partial charge in [-0.3, -0.25) is 0 Å². The Hall–Kier alpha value is -3.20. The normalized spacial score (nSPS) is 16.2. The summed E-state index contributed by atoms with van der Waals surface area (Å²) in [5.41, 5.74) is 5.34. The number of hydrogen-bond acceptors (Lipinski definition) is 6. The smallest absolute Gasteiger partial charge is 0.210 e. The molecule has 4 N–H and O–H groups in total. The fraction of sp³-hybridized carbons (Fsp3) is 0.355. The molecule has 0 radical (unpaired) electrons. The molecule has 2 aliphatic carbocycles. The summed E-state index contributed by atoms with van der Waals surface area (Å²) in [5.74, 6) is 7.15. The first kappa shape index (κ1) is 27.9. The lowest BCUT2D eigenvalue weighted by Crippen LogP contribution is -2.07. The van der Waals surface area contributed by atoms with E-state index in [0.717, 1.165) is 60.2 Å². The van der Waals surface area contributed by atoms with Crippen LogP contribution in [0, 0.1) is 29.5 Å². The van der Waals surface area contributed by atoms with Crippen LogP contribution < -0.4 is 5.14 Å². The molecule has 0 amide bonds. The van der Waals surface area contributed by atoms with Gasteiger partial charge in [-0.05, 0) is 67.9 Å². The molecule has 0 bridgehead atoms. The van der Waals surface area contributed by atoms with E-state index in [9.17, 15) is 18.8 Å². The number of aliphatic hydroxyl groups excluding tert-OH is 1. The van der Waals surface area contributed by atoms with Gasteiger partial charge >= 0.3 is 0 Å². The molecule has 2 fully saturated rings. The van der Waals surface area contributed by atoms with Gasteiger partial charge in [0.25, 0.3) is 0 Å². The van der Waals surface area contributed by atoms with Crippen LogP contribution in [0.2, 0.25) is 0 Å². The SMILES string of the molecule is NS(=O)c1ccc(Cc2c(-c3cccc(C#CC4CCCC4)c3)nn(-c3nc(C(O)O)cs3)c2CC2CC2)cc1F. The second kappa shape index (κ2) is 12.0. The molecule has 0 saturated heterocycles. The van der Waals surface area contributed by atoms with Crippen molar-refractivity contribution in [3.63, 3.8) is 0 Å². The quantitative estimate of drug-likeness (QED) is 0.193. The third kappa shape index (κ3) is 6.35. The van der Waals surface area contributed by atoms with Crippen LogP contribution in [0.4, 0.5) is 4.39 Å². The number of rotatable bonds is 8. The van der Waals surface area contributed by atoms with E-state index < -0.39 is 23.1 Å². The maximum absolute atomic E-state index is 14.8. The molecule has 7 nitrogen and oxygen atoms in total. The highest BCUT2D eigenvalue weighted by molar-refractivity contribution is 7.82. The number of thiazole rings is 1. The van der Waals surface area contributed by atoms with Crippen molar-refractivity contribution < 1.29 is 18.8 Å². The van der Waals surface area contributed by atoms with Crippen LogP contribution in [0.3, 0.4) is 0 Å². The largest absolute Gasteiger partial charge is 0.363 e. The number of aromatic nitrogens is 3. The molecule has 41 heavy (non-hydrogen) atoms. The molecule has 2 heterocycles. The van der Waals surface area contributed by atoms with Gasteiger partial charge in [-0.25, -0.2) is 23.4 Å². The summed E-state index contributed by atoms with van der Waals surface area (Å²) in [5, 5.41) is 32.0. The van der Waals surface area contributed by atoms with Gasteiger partial charge < -0.3 is 10.2 Å². The molecule has 2 saturated carbocycles. The van der Waals surface area contributed by atoms with Crippen molar-refractivity contribution in [3.8, 4) is 28.2 Å². The minimum atomic E-state index is -1.91. The van der Waals surface area contributed by atoms with E-state index in [2.05, 4.69) is 16.8 Å². The molecular formula is C31H31FN4O3S2. The second-order valence-electron chi connectivity index (χ2n) is 10.8. The van der Waals surface area contributed by atoms with Crippen molar-refractivity contribution in [3.05, 3.63) is 81.7 Å². The van der Waals surface area contributed by atoms with E-state index in [1.54, 1.807) is 16.1 Å². The fourth-order valence-electron chi connectivity index (χ4n) is 5.38. The van der Waals surface area contributed by atoms with Gasteiger partial charge in [0.15, 0.2) is 6.29 Å². The molecule has 1 atom stereocenters. The zero-order valence-electron chi connectivity index (χ0n) is 22.4. The van der Waals surface area contributed by atoms with Crippen LogP contribution in [0.15, 0.2) is 52.7 Å². The number of nitrogens with two attached hydrogens (primary N) is 1. The maximum atomic E-state index is 14.8. The summed E-state index contributed by atoms with van der Waals surface area (Å²) >= 11 is 1.29. The summed E-state index contributed by atoms with van der Waals surface area (Å²) in [4.78, 5) is 4.42.